The van der Waals surface area contributed by atoms with Crippen molar-refractivity contribution in [2.45, 2.75) is 6.92 Å². The molecule has 0 atom stereocenters. The van der Waals surface area contributed by atoms with E-state index in [-0.39, 0.29) is 0 Å². The molecule has 0 unspecified atom stereocenters. The molecule has 3 heterocycles. The highest BCUT2D eigenvalue weighted by atomic mass is 16.6. The number of hydrogen-bond acceptors (Lipinski definition) is 8. The van der Waals surface area contributed by atoms with Gasteiger partial charge in [0.1, 0.15) is 13.2 Å². The van der Waals surface area contributed by atoms with E-state index in [1.807, 2.05) is 18.2 Å². The maximum atomic E-state index is 5.61. The van der Waals surface area contributed by atoms with Crippen LogP contribution in [-0.4, -0.2) is 66.0 Å². The molecule has 132 valence electrons. The lowest BCUT2D eigenvalue weighted by Gasteiger charge is -2.34. The van der Waals surface area contributed by atoms with Crippen molar-refractivity contribution in [3.05, 3.63) is 24.4 Å². The second kappa shape index (κ2) is 7.10. The van der Waals surface area contributed by atoms with Gasteiger partial charge in [-0.1, -0.05) is 6.92 Å². The summed E-state index contributed by atoms with van der Waals surface area (Å²) in [6.07, 6.45) is 1.72. The number of rotatable bonds is 4. The molecule has 2 aliphatic rings. The second-order valence-electron chi connectivity index (χ2n) is 6.04. The molecule has 8 heteroatoms. The summed E-state index contributed by atoms with van der Waals surface area (Å²) in [4.78, 5) is 9.28. The van der Waals surface area contributed by atoms with Gasteiger partial charge in [0.15, 0.2) is 17.3 Å². The van der Waals surface area contributed by atoms with Crippen LogP contribution in [0.2, 0.25) is 0 Å². The van der Waals surface area contributed by atoms with Crippen molar-refractivity contribution in [1.82, 2.24) is 20.1 Å². The molecule has 0 saturated carbocycles. The number of fused-ring (bicyclic) bond motifs is 1. The fourth-order valence-corrected chi connectivity index (χ4v) is 3.04. The van der Waals surface area contributed by atoms with Gasteiger partial charge < -0.3 is 24.6 Å². The van der Waals surface area contributed by atoms with Gasteiger partial charge in [-0.3, -0.25) is 0 Å². The Hall–Kier alpha value is -2.61. The molecule has 1 saturated heterocycles. The summed E-state index contributed by atoms with van der Waals surface area (Å²) < 4.78 is 11.1. The summed E-state index contributed by atoms with van der Waals surface area (Å²) in [7, 11) is 0. The van der Waals surface area contributed by atoms with Gasteiger partial charge in [-0.2, -0.15) is 10.1 Å². The van der Waals surface area contributed by atoms with E-state index in [9.17, 15) is 0 Å². The molecule has 0 radical (unpaired) electrons. The Balaban J connectivity index is 1.46. The molecule has 0 amide bonds. The number of aromatic nitrogens is 3. The summed E-state index contributed by atoms with van der Waals surface area (Å²) in [6.45, 7) is 8.43. The zero-order valence-electron chi connectivity index (χ0n) is 14.3. The molecule has 1 N–H and O–H groups in total. The van der Waals surface area contributed by atoms with E-state index in [0.717, 1.165) is 55.7 Å². The predicted molar refractivity (Wildman–Crippen MR) is 94.9 cm³/mol. The lowest BCUT2D eigenvalue weighted by Crippen LogP contribution is -2.46. The third-order valence-corrected chi connectivity index (χ3v) is 4.49. The molecule has 0 aliphatic carbocycles. The van der Waals surface area contributed by atoms with Crippen LogP contribution < -0.4 is 19.7 Å². The van der Waals surface area contributed by atoms with Crippen LogP contribution in [0.4, 0.5) is 17.5 Å². The zero-order valence-corrected chi connectivity index (χ0v) is 14.3. The third kappa shape index (κ3) is 3.58. The highest BCUT2D eigenvalue weighted by molar-refractivity contribution is 5.60. The van der Waals surface area contributed by atoms with Gasteiger partial charge in [0.2, 0.25) is 5.95 Å². The molecule has 1 fully saturated rings. The topological polar surface area (TPSA) is 75.6 Å². The van der Waals surface area contributed by atoms with Crippen LogP contribution in [-0.2, 0) is 0 Å². The van der Waals surface area contributed by atoms with E-state index >= 15 is 0 Å². The number of nitrogens with one attached hydrogen (secondary N) is 1. The Morgan fingerprint density at radius 3 is 2.68 bits per heavy atom. The summed E-state index contributed by atoms with van der Waals surface area (Å²) in [6, 6.07) is 5.70. The summed E-state index contributed by atoms with van der Waals surface area (Å²) in [5, 5.41) is 11.4. The monoisotopic (exact) mass is 342 g/mol. The summed E-state index contributed by atoms with van der Waals surface area (Å²) in [5.41, 5.74) is 0.846. The Labute approximate surface area is 146 Å². The smallest absolute Gasteiger partial charge is 0.249 e. The van der Waals surface area contributed by atoms with Crippen LogP contribution in [0.15, 0.2) is 24.4 Å². The first-order valence-electron chi connectivity index (χ1n) is 8.65. The minimum Gasteiger partial charge on any atom is -0.486 e. The van der Waals surface area contributed by atoms with Crippen LogP contribution in [0.5, 0.6) is 11.5 Å². The van der Waals surface area contributed by atoms with Gasteiger partial charge in [0, 0.05) is 37.9 Å². The lowest BCUT2D eigenvalue weighted by molar-refractivity contribution is 0.171. The molecule has 1 aromatic carbocycles. The molecule has 2 aliphatic heterocycles. The van der Waals surface area contributed by atoms with Gasteiger partial charge in [-0.05, 0) is 18.7 Å². The molecule has 4 rings (SSSR count). The highest BCUT2D eigenvalue weighted by Crippen LogP contribution is 2.33. The standard InChI is InChI=1S/C17H22N6O2/c1-2-22-5-7-23(8-6-22)16-12-18-21-17(20-16)19-13-3-4-14-15(11-13)25-10-9-24-14/h3-4,11-12H,2,5-10H2,1H3,(H,19,20,21). The van der Waals surface area contributed by atoms with E-state index in [4.69, 9.17) is 9.47 Å². The molecule has 25 heavy (non-hydrogen) atoms. The maximum Gasteiger partial charge on any atom is 0.249 e. The van der Waals surface area contributed by atoms with Crippen molar-refractivity contribution in [3.8, 4) is 11.5 Å². The highest BCUT2D eigenvalue weighted by Gasteiger charge is 2.18. The van der Waals surface area contributed by atoms with Crippen molar-refractivity contribution in [2.75, 3.05) is 56.2 Å². The zero-order chi connectivity index (χ0) is 17.1. The van der Waals surface area contributed by atoms with Crippen LogP contribution in [0, 0.1) is 0 Å². The lowest BCUT2D eigenvalue weighted by atomic mass is 10.2. The number of nitrogens with zero attached hydrogens (tertiary/aromatic N) is 5. The number of piperazine rings is 1. The maximum absolute atomic E-state index is 5.61. The van der Waals surface area contributed by atoms with Gasteiger partial charge in [-0.15, -0.1) is 5.10 Å². The van der Waals surface area contributed by atoms with Gasteiger partial charge in [0.25, 0.3) is 0 Å². The fourth-order valence-electron chi connectivity index (χ4n) is 3.04. The van der Waals surface area contributed by atoms with Crippen molar-refractivity contribution in [1.29, 1.82) is 0 Å². The second-order valence-corrected chi connectivity index (χ2v) is 6.04. The molecule has 1 aromatic heterocycles. The Kier molecular flexibility index (Phi) is 4.51. The van der Waals surface area contributed by atoms with Crippen LogP contribution in [0.3, 0.4) is 0 Å². The van der Waals surface area contributed by atoms with Crippen molar-refractivity contribution < 1.29 is 9.47 Å². The summed E-state index contributed by atoms with van der Waals surface area (Å²) >= 11 is 0. The normalized spacial score (nSPS) is 17.4. The quantitative estimate of drug-likeness (QED) is 0.896. The molecule has 8 nitrogen and oxygen atoms in total. The van der Waals surface area contributed by atoms with E-state index in [1.54, 1.807) is 6.20 Å². The average Bonchev–Trinajstić information content (AvgIpc) is 2.68. The number of ether oxygens (including phenoxy) is 2. The SMILES string of the molecule is CCN1CCN(c2cnnc(Nc3ccc4c(c3)OCCO4)n2)CC1. The van der Waals surface area contributed by atoms with Crippen molar-refractivity contribution in [2.24, 2.45) is 0 Å². The van der Waals surface area contributed by atoms with Gasteiger partial charge >= 0.3 is 0 Å². The number of hydrogen-bond donors (Lipinski definition) is 1. The Bertz CT molecular complexity index is 733. The Morgan fingerprint density at radius 1 is 1.08 bits per heavy atom. The van der Waals surface area contributed by atoms with Gasteiger partial charge in [-0.25, -0.2) is 0 Å². The van der Waals surface area contributed by atoms with E-state index in [0.29, 0.717) is 19.2 Å². The molecule has 2 aromatic rings. The molecular formula is C17H22N6O2. The molecular weight excluding hydrogens is 320 g/mol. The molecule has 0 spiro atoms. The first kappa shape index (κ1) is 15.9. The number of benzene rings is 1. The van der Waals surface area contributed by atoms with Crippen LogP contribution in [0.1, 0.15) is 6.92 Å². The van der Waals surface area contributed by atoms with Crippen molar-refractivity contribution >= 4 is 17.5 Å². The van der Waals surface area contributed by atoms with Crippen LogP contribution >= 0.6 is 0 Å². The predicted octanol–water partition coefficient (Wildman–Crippen LogP) is 1.53. The van der Waals surface area contributed by atoms with Crippen molar-refractivity contribution in [3.63, 3.8) is 0 Å². The molecule has 0 bridgehead atoms. The minimum atomic E-state index is 0.479. The number of likely N-dealkylation sites (N-methyl/N-ethyl adjacent to an activating group) is 1. The summed E-state index contributed by atoms with van der Waals surface area (Å²) in [5.74, 6) is 2.83. The first-order valence-corrected chi connectivity index (χ1v) is 8.65. The first-order chi connectivity index (χ1) is 12.3. The minimum absolute atomic E-state index is 0.479. The third-order valence-electron chi connectivity index (χ3n) is 4.49. The van der Waals surface area contributed by atoms with Crippen LogP contribution in [0.25, 0.3) is 0 Å². The van der Waals surface area contributed by atoms with E-state index in [2.05, 4.69) is 37.2 Å². The average molecular weight is 342 g/mol. The largest absolute Gasteiger partial charge is 0.486 e. The fraction of sp³-hybridized carbons (Fsp3) is 0.471. The van der Waals surface area contributed by atoms with E-state index < -0.39 is 0 Å². The van der Waals surface area contributed by atoms with Gasteiger partial charge in [0.05, 0.1) is 6.20 Å². The number of anilines is 3. The Morgan fingerprint density at radius 2 is 1.88 bits per heavy atom. The van der Waals surface area contributed by atoms with E-state index in [1.165, 1.54) is 0 Å².